The summed E-state index contributed by atoms with van der Waals surface area (Å²) in [6.45, 7) is 9.29. The first kappa shape index (κ1) is 34.0. The molecule has 9 nitrogen and oxygen atoms in total. The summed E-state index contributed by atoms with van der Waals surface area (Å²) in [5.74, 6) is 0. The van der Waals surface area contributed by atoms with Crippen LogP contribution in [0.4, 0.5) is 0 Å². The van der Waals surface area contributed by atoms with Crippen LogP contribution in [0, 0.1) is 0 Å². The molecule has 2 atom stereocenters. The monoisotopic (exact) mass is 569 g/mol. The lowest BCUT2D eigenvalue weighted by atomic mass is 9.90. The van der Waals surface area contributed by atoms with Gasteiger partial charge in [-0.25, -0.2) is 0 Å². The predicted molar refractivity (Wildman–Crippen MR) is 159 cm³/mol. The molecule has 0 radical (unpaired) electrons. The van der Waals surface area contributed by atoms with Crippen molar-refractivity contribution >= 4 is 39.3 Å². The van der Waals surface area contributed by atoms with E-state index in [9.17, 15) is 13.5 Å². The minimum Gasteiger partial charge on any atom is -0.381 e. The zero-order chi connectivity index (χ0) is 28.7. The van der Waals surface area contributed by atoms with Crippen LogP contribution < -0.4 is 10.6 Å². The summed E-state index contributed by atoms with van der Waals surface area (Å²) in [5, 5.41) is 17.0. The predicted octanol–water partition coefficient (Wildman–Crippen LogP) is 3.74. The lowest BCUT2D eigenvalue weighted by Gasteiger charge is -2.25. The number of ether oxygens (including phenoxy) is 1. The summed E-state index contributed by atoms with van der Waals surface area (Å²) in [6, 6.07) is 5.19. The lowest BCUT2D eigenvalue weighted by molar-refractivity contribution is 0.0414. The number of aliphatic hydroxyl groups is 1. The van der Waals surface area contributed by atoms with E-state index in [0.29, 0.717) is 30.1 Å². The third kappa shape index (κ3) is 10.6. The summed E-state index contributed by atoms with van der Waals surface area (Å²) in [6.07, 6.45) is 8.26. The maximum absolute atomic E-state index is 12.7. The third-order valence-electron chi connectivity index (χ3n) is 5.74. The van der Waals surface area contributed by atoms with Crippen molar-refractivity contribution in [1.29, 1.82) is 0 Å². The SMILES string of the molecule is C=C(c1cc(Cl)ccc1/C(=C\CCN(CCC)S(=O)(=O)N(C)C)CC)C(/C=C/NC=NC)NC(O)COC. The van der Waals surface area contributed by atoms with Gasteiger partial charge in [0.15, 0.2) is 0 Å². The Hall–Kier alpha value is -2.05. The van der Waals surface area contributed by atoms with Crippen LogP contribution in [0.5, 0.6) is 0 Å². The van der Waals surface area contributed by atoms with E-state index < -0.39 is 22.5 Å². The van der Waals surface area contributed by atoms with Crippen LogP contribution in [-0.2, 0) is 14.9 Å². The van der Waals surface area contributed by atoms with Gasteiger partial charge >= 0.3 is 0 Å². The number of aliphatic hydroxyl groups excluding tert-OH is 1. The van der Waals surface area contributed by atoms with E-state index >= 15 is 0 Å². The normalized spacial score (nSPS) is 14.6. The van der Waals surface area contributed by atoms with Crippen LogP contribution in [-0.4, -0.2) is 88.7 Å². The fraction of sp³-hybridized carbons (Fsp3) is 0.519. The Morgan fingerprint density at radius 1 is 1.26 bits per heavy atom. The maximum Gasteiger partial charge on any atom is 0.281 e. The van der Waals surface area contributed by atoms with Gasteiger partial charge in [0.1, 0.15) is 6.23 Å². The van der Waals surface area contributed by atoms with E-state index in [4.69, 9.17) is 16.3 Å². The quantitative estimate of drug-likeness (QED) is 0.141. The number of nitrogens with zero attached hydrogens (tertiary/aromatic N) is 3. The van der Waals surface area contributed by atoms with Gasteiger partial charge in [-0.1, -0.05) is 44.2 Å². The largest absolute Gasteiger partial charge is 0.381 e. The summed E-state index contributed by atoms with van der Waals surface area (Å²) in [5.41, 5.74) is 3.52. The van der Waals surface area contributed by atoms with Crippen LogP contribution in [0.1, 0.15) is 44.2 Å². The highest BCUT2D eigenvalue weighted by Crippen LogP contribution is 2.32. The summed E-state index contributed by atoms with van der Waals surface area (Å²) < 4.78 is 33.2. The molecule has 0 saturated heterocycles. The minimum absolute atomic E-state index is 0.105. The average Bonchev–Trinajstić information content (AvgIpc) is 2.87. The molecule has 2 unspecified atom stereocenters. The van der Waals surface area contributed by atoms with Gasteiger partial charge in [0.2, 0.25) is 0 Å². The zero-order valence-corrected chi connectivity index (χ0v) is 25.0. The van der Waals surface area contributed by atoms with E-state index in [-0.39, 0.29) is 6.61 Å². The molecule has 0 saturated carbocycles. The first-order chi connectivity index (χ1) is 18.0. The van der Waals surface area contributed by atoms with Gasteiger partial charge in [0.05, 0.1) is 19.0 Å². The Labute approximate surface area is 234 Å². The second kappa shape index (κ2) is 17.5. The molecule has 3 N–H and O–H groups in total. The molecule has 0 fully saturated rings. The molecule has 0 amide bonds. The van der Waals surface area contributed by atoms with Crippen molar-refractivity contribution in [2.75, 3.05) is 47.9 Å². The van der Waals surface area contributed by atoms with Gasteiger partial charge in [-0.05, 0) is 65.9 Å². The molecule has 0 aliphatic rings. The number of halogens is 1. The molecule has 214 valence electrons. The van der Waals surface area contributed by atoms with E-state index in [1.165, 1.54) is 15.7 Å². The van der Waals surface area contributed by atoms with Gasteiger partial charge in [-0.3, -0.25) is 10.3 Å². The highest BCUT2D eigenvalue weighted by Gasteiger charge is 2.23. The van der Waals surface area contributed by atoms with Crippen molar-refractivity contribution < 1.29 is 18.3 Å². The van der Waals surface area contributed by atoms with Crippen molar-refractivity contribution in [2.45, 2.75) is 45.4 Å². The summed E-state index contributed by atoms with van der Waals surface area (Å²) in [7, 11) is 2.77. The van der Waals surface area contributed by atoms with E-state index in [0.717, 1.165) is 29.5 Å². The van der Waals surface area contributed by atoms with Crippen molar-refractivity contribution in [2.24, 2.45) is 4.99 Å². The number of aliphatic imine (C=N–C) groups is 1. The van der Waals surface area contributed by atoms with Crippen LogP contribution in [0.25, 0.3) is 11.1 Å². The Kier molecular flexibility index (Phi) is 15.7. The van der Waals surface area contributed by atoms with Crippen molar-refractivity contribution in [3.05, 3.63) is 59.3 Å². The molecular formula is C27H44ClN5O4S. The second-order valence-electron chi connectivity index (χ2n) is 8.80. The highest BCUT2D eigenvalue weighted by molar-refractivity contribution is 7.86. The topological polar surface area (TPSA) is 107 Å². The number of hydrogen-bond donors (Lipinski definition) is 3. The number of nitrogens with one attached hydrogen (secondary N) is 2. The molecule has 0 aliphatic carbocycles. The lowest BCUT2D eigenvalue weighted by Crippen LogP contribution is -2.40. The smallest absolute Gasteiger partial charge is 0.281 e. The fourth-order valence-corrected chi connectivity index (χ4v) is 5.22. The van der Waals surface area contributed by atoms with E-state index in [1.54, 1.807) is 33.7 Å². The number of methoxy groups -OCH3 is 1. The molecule has 0 spiro atoms. The van der Waals surface area contributed by atoms with Crippen molar-refractivity contribution in [1.82, 2.24) is 19.2 Å². The number of hydrogen-bond acceptors (Lipinski definition) is 6. The second-order valence-corrected chi connectivity index (χ2v) is 11.4. The van der Waals surface area contributed by atoms with Gasteiger partial charge in [-0.2, -0.15) is 17.0 Å². The van der Waals surface area contributed by atoms with Crippen LogP contribution in [0.2, 0.25) is 5.02 Å². The van der Waals surface area contributed by atoms with Gasteiger partial charge in [0.25, 0.3) is 10.2 Å². The molecular weight excluding hydrogens is 526 g/mol. The molecule has 0 bridgehead atoms. The minimum atomic E-state index is -3.50. The van der Waals surface area contributed by atoms with Gasteiger partial charge in [0, 0.05) is 46.4 Å². The van der Waals surface area contributed by atoms with Crippen molar-refractivity contribution in [3.63, 3.8) is 0 Å². The molecule has 11 heteroatoms. The first-order valence-corrected chi connectivity index (χ1v) is 14.4. The molecule has 1 rings (SSSR count). The number of benzene rings is 1. The molecule has 1 aromatic rings. The summed E-state index contributed by atoms with van der Waals surface area (Å²) >= 11 is 6.40. The van der Waals surface area contributed by atoms with E-state index in [2.05, 4.69) is 35.2 Å². The number of allylic oxidation sites excluding steroid dienone is 1. The highest BCUT2D eigenvalue weighted by atomic mass is 35.5. The van der Waals surface area contributed by atoms with Gasteiger partial charge in [-0.15, -0.1) is 0 Å². The maximum atomic E-state index is 12.7. The molecule has 0 aromatic heterocycles. The fourth-order valence-electron chi connectivity index (χ4n) is 3.83. The standard InChI is InChI=1S/C27H44ClN5O4S/c1-8-16-33(38(35,36)32(5)6)17-10-11-22(9-2)24-13-12-23(28)18-25(24)21(3)26(14-15-30-20-29-4)31-27(34)19-37-7/h11-15,18,20,26-27,31,34H,3,8-10,16-17,19H2,1-2,4-7H3,(H,29,30)/b15-14+,22-11-. The van der Waals surface area contributed by atoms with Crippen LogP contribution >= 0.6 is 11.6 Å². The van der Waals surface area contributed by atoms with Crippen LogP contribution in [0.15, 0.2) is 48.1 Å². The Morgan fingerprint density at radius 2 is 1.97 bits per heavy atom. The third-order valence-corrected chi connectivity index (χ3v) is 7.92. The molecule has 0 aliphatic heterocycles. The molecule has 38 heavy (non-hydrogen) atoms. The van der Waals surface area contributed by atoms with Crippen molar-refractivity contribution in [3.8, 4) is 0 Å². The zero-order valence-electron chi connectivity index (χ0n) is 23.4. The molecule has 0 heterocycles. The first-order valence-electron chi connectivity index (χ1n) is 12.6. The summed E-state index contributed by atoms with van der Waals surface area (Å²) in [4.78, 5) is 3.89. The number of rotatable bonds is 18. The average molecular weight is 570 g/mol. The Balaban J connectivity index is 3.36. The van der Waals surface area contributed by atoms with Crippen LogP contribution in [0.3, 0.4) is 0 Å². The molecule has 1 aromatic carbocycles. The Morgan fingerprint density at radius 3 is 2.55 bits per heavy atom. The van der Waals surface area contributed by atoms with Gasteiger partial charge < -0.3 is 15.2 Å². The Bertz CT molecular complexity index is 1070. The van der Waals surface area contributed by atoms with E-state index in [1.807, 2.05) is 31.2 Å².